The van der Waals surface area contributed by atoms with Gasteiger partial charge < -0.3 is 25.4 Å². The van der Waals surface area contributed by atoms with E-state index in [2.05, 4.69) is 0 Å². The molecule has 0 saturated carbocycles. The lowest BCUT2D eigenvalue weighted by Crippen LogP contribution is -2.20. The Kier molecular flexibility index (Phi) is 3.75. The zero-order valence-corrected chi connectivity index (χ0v) is 10.1. The predicted octanol–water partition coefficient (Wildman–Crippen LogP) is 1.17. The molecule has 1 aromatic carbocycles. The van der Waals surface area contributed by atoms with Crippen molar-refractivity contribution in [3.63, 3.8) is 0 Å². The molecule has 0 amide bonds. The Morgan fingerprint density at radius 2 is 2.16 bits per heavy atom. The highest BCUT2D eigenvalue weighted by atomic mass is 19.1. The van der Waals surface area contributed by atoms with Gasteiger partial charge in [-0.2, -0.15) is 0 Å². The van der Waals surface area contributed by atoms with Gasteiger partial charge in [-0.3, -0.25) is 4.79 Å². The zero-order valence-electron chi connectivity index (χ0n) is 10.1. The summed E-state index contributed by atoms with van der Waals surface area (Å²) in [7, 11) is 0. The number of ether oxygens (including phenoxy) is 2. The van der Waals surface area contributed by atoms with Gasteiger partial charge in [-0.1, -0.05) is 0 Å². The van der Waals surface area contributed by atoms with Crippen molar-refractivity contribution in [2.75, 3.05) is 13.2 Å². The van der Waals surface area contributed by atoms with Crippen LogP contribution in [0.2, 0.25) is 0 Å². The summed E-state index contributed by atoms with van der Waals surface area (Å²) >= 11 is 0. The molecule has 1 aromatic rings. The second kappa shape index (κ2) is 5.31. The van der Waals surface area contributed by atoms with E-state index in [1.54, 1.807) is 0 Å². The molecule has 0 fully saturated rings. The monoisotopic (exact) mass is 271 g/mol. The second-order valence-electron chi connectivity index (χ2n) is 4.18. The highest BCUT2D eigenvalue weighted by Crippen LogP contribution is 2.44. The molecule has 4 N–H and O–H groups in total. The van der Waals surface area contributed by atoms with Crippen LogP contribution in [0.25, 0.3) is 0 Å². The molecule has 0 aliphatic carbocycles. The van der Waals surface area contributed by atoms with Gasteiger partial charge in [-0.15, -0.1) is 0 Å². The van der Waals surface area contributed by atoms with Gasteiger partial charge in [-0.05, 0) is 6.42 Å². The molecule has 0 bridgehead atoms. The Balaban J connectivity index is 2.37. The smallest absolute Gasteiger partial charge is 0.303 e. The fourth-order valence-corrected chi connectivity index (χ4v) is 1.94. The van der Waals surface area contributed by atoms with Gasteiger partial charge in [0, 0.05) is 18.5 Å². The average Bonchev–Trinajstić information content (AvgIpc) is 2.37. The molecule has 0 saturated heterocycles. The molecule has 1 heterocycles. The van der Waals surface area contributed by atoms with E-state index < -0.39 is 23.6 Å². The Morgan fingerprint density at radius 1 is 1.47 bits per heavy atom. The molecular formula is C12H14FNO5. The lowest BCUT2D eigenvalue weighted by atomic mass is 9.99. The highest BCUT2D eigenvalue weighted by Gasteiger charge is 2.27. The first-order chi connectivity index (χ1) is 9.00. The maximum absolute atomic E-state index is 13.6. The van der Waals surface area contributed by atoms with Gasteiger partial charge >= 0.3 is 5.97 Å². The topological polar surface area (TPSA) is 102 Å². The van der Waals surface area contributed by atoms with E-state index in [4.69, 9.17) is 20.3 Å². The van der Waals surface area contributed by atoms with Gasteiger partial charge in [0.1, 0.15) is 13.2 Å². The lowest BCUT2D eigenvalue weighted by molar-refractivity contribution is -0.137. The van der Waals surface area contributed by atoms with E-state index in [-0.39, 0.29) is 43.1 Å². The molecule has 1 aliphatic heterocycles. The number of carboxylic acid groups (broad SMARTS) is 1. The normalized spacial score (nSPS) is 15.1. The maximum atomic E-state index is 13.6. The van der Waals surface area contributed by atoms with Crippen molar-refractivity contribution in [1.82, 2.24) is 0 Å². The van der Waals surface area contributed by atoms with Crippen LogP contribution in [0.3, 0.4) is 0 Å². The van der Waals surface area contributed by atoms with Crippen LogP contribution in [0, 0.1) is 5.82 Å². The predicted molar refractivity (Wildman–Crippen MR) is 62.9 cm³/mol. The molecule has 1 aliphatic rings. The zero-order chi connectivity index (χ0) is 14.0. The Bertz CT molecular complexity index is 505. The summed E-state index contributed by atoms with van der Waals surface area (Å²) in [5.74, 6) is -2.16. The van der Waals surface area contributed by atoms with Crippen molar-refractivity contribution in [2.45, 2.75) is 18.9 Å². The third-order valence-corrected chi connectivity index (χ3v) is 2.83. The minimum absolute atomic E-state index is 0.0518. The van der Waals surface area contributed by atoms with Crippen molar-refractivity contribution in [1.29, 1.82) is 0 Å². The minimum atomic E-state index is -1.02. The molecule has 104 valence electrons. The minimum Gasteiger partial charge on any atom is -0.504 e. The molecule has 19 heavy (non-hydrogen) atoms. The number of fused-ring (bicyclic) bond motifs is 1. The number of benzene rings is 1. The highest BCUT2D eigenvalue weighted by molar-refractivity contribution is 5.67. The molecule has 7 heteroatoms. The van der Waals surface area contributed by atoms with Crippen molar-refractivity contribution in [3.05, 3.63) is 17.4 Å². The molecular weight excluding hydrogens is 257 g/mol. The summed E-state index contributed by atoms with van der Waals surface area (Å²) in [6.07, 6.45) is -0.130. The molecule has 0 aromatic heterocycles. The van der Waals surface area contributed by atoms with Gasteiger partial charge in [-0.25, -0.2) is 4.39 Å². The number of hydrogen-bond acceptors (Lipinski definition) is 5. The number of aromatic hydroxyl groups is 1. The number of aliphatic carboxylic acids is 1. The van der Waals surface area contributed by atoms with Crippen LogP contribution >= 0.6 is 0 Å². The number of halogens is 1. The third-order valence-electron chi connectivity index (χ3n) is 2.83. The van der Waals surface area contributed by atoms with Crippen molar-refractivity contribution >= 4 is 5.97 Å². The lowest BCUT2D eigenvalue weighted by Gasteiger charge is -2.24. The van der Waals surface area contributed by atoms with Crippen LogP contribution in [-0.4, -0.2) is 29.4 Å². The molecule has 0 radical (unpaired) electrons. The maximum Gasteiger partial charge on any atom is 0.303 e. The first kappa shape index (κ1) is 13.4. The Morgan fingerprint density at radius 3 is 2.84 bits per heavy atom. The molecule has 6 nitrogen and oxygen atoms in total. The van der Waals surface area contributed by atoms with E-state index in [1.165, 1.54) is 0 Å². The third kappa shape index (κ3) is 2.70. The summed E-state index contributed by atoms with van der Waals surface area (Å²) in [4.78, 5) is 10.5. The summed E-state index contributed by atoms with van der Waals surface area (Å²) in [5, 5.41) is 18.4. The SMILES string of the molecule is NC(CCC(=O)O)c1c(O)c(F)cc2c1OCCO2. The van der Waals surface area contributed by atoms with E-state index in [1.807, 2.05) is 0 Å². The Labute approximate surface area is 108 Å². The fraction of sp³-hybridized carbons (Fsp3) is 0.417. The summed E-state index contributed by atoms with van der Waals surface area (Å²) in [6, 6.07) is 0.180. The molecule has 2 rings (SSSR count). The largest absolute Gasteiger partial charge is 0.504 e. The number of carboxylic acids is 1. The molecule has 1 unspecified atom stereocenters. The van der Waals surface area contributed by atoms with Gasteiger partial charge in [0.2, 0.25) is 0 Å². The summed E-state index contributed by atoms with van der Waals surface area (Å²) in [6.45, 7) is 0.539. The van der Waals surface area contributed by atoms with Crippen molar-refractivity contribution < 1.29 is 28.9 Å². The van der Waals surface area contributed by atoms with E-state index in [0.717, 1.165) is 6.07 Å². The van der Waals surface area contributed by atoms with Crippen molar-refractivity contribution in [2.24, 2.45) is 5.73 Å². The van der Waals surface area contributed by atoms with Crippen LogP contribution in [0.4, 0.5) is 4.39 Å². The van der Waals surface area contributed by atoms with Gasteiger partial charge in [0.25, 0.3) is 0 Å². The van der Waals surface area contributed by atoms with Gasteiger partial charge in [0.15, 0.2) is 23.1 Å². The van der Waals surface area contributed by atoms with E-state index >= 15 is 0 Å². The standard InChI is InChI=1S/C12H14FNO5/c13-6-5-8-12(19-4-3-18-8)10(11(6)17)7(14)1-2-9(15)16/h5,7,17H,1-4,14H2,(H,15,16). The molecule has 1 atom stereocenters. The Hall–Kier alpha value is -2.02. The fourth-order valence-electron chi connectivity index (χ4n) is 1.94. The first-order valence-corrected chi connectivity index (χ1v) is 5.79. The quantitative estimate of drug-likeness (QED) is 0.759. The number of nitrogens with two attached hydrogens (primary N) is 1. The van der Waals surface area contributed by atoms with E-state index in [9.17, 15) is 14.3 Å². The number of hydrogen-bond donors (Lipinski definition) is 3. The number of carbonyl (C=O) groups is 1. The average molecular weight is 271 g/mol. The van der Waals surface area contributed by atoms with Crippen LogP contribution < -0.4 is 15.2 Å². The molecule has 0 spiro atoms. The number of phenols is 1. The van der Waals surface area contributed by atoms with Crippen molar-refractivity contribution in [3.8, 4) is 17.2 Å². The van der Waals surface area contributed by atoms with Gasteiger partial charge in [0.05, 0.1) is 5.56 Å². The van der Waals surface area contributed by atoms with Crippen LogP contribution in [0.5, 0.6) is 17.2 Å². The summed E-state index contributed by atoms with van der Waals surface area (Å²) in [5.41, 5.74) is 5.86. The number of rotatable bonds is 4. The van der Waals surface area contributed by atoms with Crippen LogP contribution in [-0.2, 0) is 4.79 Å². The summed E-state index contributed by atoms with van der Waals surface area (Å²) < 4.78 is 24.1. The van der Waals surface area contributed by atoms with Crippen LogP contribution in [0.1, 0.15) is 24.4 Å². The first-order valence-electron chi connectivity index (χ1n) is 5.79. The second-order valence-corrected chi connectivity index (χ2v) is 4.18. The van der Waals surface area contributed by atoms with Crippen LogP contribution in [0.15, 0.2) is 6.07 Å². The number of phenolic OH excluding ortho intramolecular Hbond substituents is 1. The van der Waals surface area contributed by atoms with E-state index in [0.29, 0.717) is 0 Å².